The number of carbonyl (C=O) groups excluding carboxylic acids is 2. The summed E-state index contributed by atoms with van der Waals surface area (Å²) in [5.41, 5.74) is 0. The number of aliphatic hydroxyl groups excluding tert-OH is 2. The van der Waals surface area contributed by atoms with E-state index in [0.29, 0.717) is 19.3 Å². The molecular weight excluding hydrogens is 707 g/mol. The van der Waals surface area contributed by atoms with E-state index in [0.717, 1.165) is 57.8 Å². The molecular formula is C51H97NO5. The number of nitrogens with one attached hydrogen (secondary N) is 1. The standard InChI is InChI=1S/C51H97NO5/c1-4-7-10-13-16-19-22-24-25-26-27-29-32-35-38-41-44-51(56)57-47(42-39-36-33-30-21-18-15-12-9-6-3)45-50(55)52-48(46-53)49(54)43-40-37-34-31-28-23-20-17-14-11-8-5-2/h25-27,29,47-49,53-54H,4-24,28,30-46H2,1-3H3,(H,52,55)/b26-25+,29-27+. The van der Waals surface area contributed by atoms with Crippen molar-refractivity contribution in [3.05, 3.63) is 24.3 Å². The van der Waals surface area contributed by atoms with Crippen LogP contribution in [0.5, 0.6) is 0 Å². The summed E-state index contributed by atoms with van der Waals surface area (Å²) in [5.74, 6) is -0.495. The van der Waals surface area contributed by atoms with Gasteiger partial charge in [-0.2, -0.15) is 0 Å². The van der Waals surface area contributed by atoms with Gasteiger partial charge in [-0.25, -0.2) is 0 Å². The second kappa shape index (κ2) is 45.4. The van der Waals surface area contributed by atoms with Crippen LogP contribution in [0.1, 0.15) is 265 Å². The van der Waals surface area contributed by atoms with Crippen molar-refractivity contribution < 1.29 is 24.5 Å². The smallest absolute Gasteiger partial charge is 0.306 e. The molecule has 0 fully saturated rings. The number of hydrogen-bond acceptors (Lipinski definition) is 5. The third kappa shape index (κ3) is 40.9. The van der Waals surface area contributed by atoms with Crippen LogP contribution in [0.2, 0.25) is 0 Å². The lowest BCUT2D eigenvalue weighted by atomic mass is 10.0. The van der Waals surface area contributed by atoms with Crippen molar-refractivity contribution in [1.82, 2.24) is 5.32 Å². The predicted octanol–water partition coefficient (Wildman–Crippen LogP) is 14.7. The molecule has 1 amide bonds. The molecule has 0 aromatic rings. The minimum atomic E-state index is -0.786. The minimum absolute atomic E-state index is 0.0717. The second-order valence-corrected chi connectivity index (χ2v) is 17.3. The van der Waals surface area contributed by atoms with Gasteiger partial charge in [0.2, 0.25) is 5.91 Å². The molecule has 0 aliphatic heterocycles. The zero-order valence-corrected chi connectivity index (χ0v) is 38.2. The Morgan fingerprint density at radius 3 is 1.30 bits per heavy atom. The van der Waals surface area contributed by atoms with E-state index in [4.69, 9.17) is 4.74 Å². The zero-order valence-electron chi connectivity index (χ0n) is 38.2. The molecule has 336 valence electrons. The van der Waals surface area contributed by atoms with E-state index in [1.807, 2.05) is 0 Å². The quantitative estimate of drug-likeness (QED) is 0.0324. The van der Waals surface area contributed by atoms with Crippen LogP contribution in [0, 0.1) is 0 Å². The lowest BCUT2D eigenvalue weighted by molar-refractivity contribution is -0.151. The van der Waals surface area contributed by atoms with E-state index in [1.165, 1.54) is 161 Å². The Balaban J connectivity index is 4.54. The van der Waals surface area contributed by atoms with E-state index in [1.54, 1.807) is 0 Å². The lowest BCUT2D eigenvalue weighted by Gasteiger charge is -2.24. The van der Waals surface area contributed by atoms with Gasteiger partial charge in [0.1, 0.15) is 6.10 Å². The highest BCUT2D eigenvalue weighted by atomic mass is 16.5. The molecule has 3 atom stereocenters. The fourth-order valence-corrected chi connectivity index (χ4v) is 7.72. The number of rotatable bonds is 45. The van der Waals surface area contributed by atoms with Gasteiger partial charge in [-0.15, -0.1) is 0 Å². The summed E-state index contributed by atoms with van der Waals surface area (Å²) in [6, 6.07) is -0.700. The molecule has 0 heterocycles. The van der Waals surface area contributed by atoms with Crippen LogP contribution in [0.3, 0.4) is 0 Å². The third-order valence-electron chi connectivity index (χ3n) is 11.6. The molecule has 0 saturated carbocycles. The maximum atomic E-state index is 13.1. The highest BCUT2D eigenvalue weighted by Gasteiger charge is 2.24. The largest absolute Gasteiger partial charge is 0.462 e. The predicted molar refractivity (Wildman–Crippen MR) is 246 cm³/mol. The Morgan fingerprint density at radius 1 is 0.509 bits per heavy atom. The summed E-state index contributed by atoms with van der Waals surface area (Å²) in [6.45, 7) is 6.47. The molecule has 6 nitrogen and oxygen atoms in total. The molecule has 0 saturated heterocycles. The van der Waals surface area contributed by atoms with Crippen LogP contribution in [0.25, 0.3) is 0 Å². The zero-order chi connectivity index (χ0) is 41.7. The molecule has 3 unspecified atom stereocenters. The van der Waals surface area contributed by atoms with Gasteiger partial charge in [0.05, 0.1) is 25.2 Å². The minimum Gasteiger partial charge on any atom is -0.462 e. The third-order valence-corrected chi connectivity index (χ3v) is 11.6. The Morgan fingerprint density at radius 2 is 0.877 bits per heavy atom. The molecule has 0 rings (SSSR count). The highest BCUT2D eigenvalue weighted by molar-refractivity contribution is 5.77. The first-order valence-electron chi connectivity index (χ1n) is 25.1. The number of amides is 1. The first kappa shape index (κ1) is 55.3. The van der Waals surface area contributed by atoms with Crippen LogP contribution < -0.4 is 5.32 Å². The first-order valence-corrected chi connectivity index (χ1v) is 25.1. The van der Waals surface area contributed by atoms with Crippen LogP contribution in [-0.4, -0.2) is 46.9 Å². The highest BCUT2D eigenvalue weighted by Crippen LogP contribution is 2.18. The van der Waals surface area contributed by atoms with E-state index in [9.17, 15) is 19.8 Å². The molecule has 57 heavy (non-hydrogen) atoms. The monoisotopic (exact) mass is 804 g/mol. The van der Waals surface area contributed by atoms with Gasteiger partial charge in [0.15, 0.2) is 0 Å². The SMILES string of the molecule is CCCCCCCCC/C=C/C=C/CCCCCC(=O)OC(CCCCCCCCCCCC)CC(=O)NC(CO)C(O)CCCCCCCCCCCCCC. The summed E-state index contributed by atoms with van der Waals surface area (Å²) in [6.07, 6.45) is 50.9. The maximum absolute atomic E-state index is 13.1. The number of carbonyl (C=O) groups is 2. The van der Waals surface area contributed by atoms with Crippen LogP contribution in [0.4, 0.5) is 0 Å². The van der Waals surface area contributed by atoms with Crippen molar-refractivity contribution in [3.8, 4) is 0 Å². The van der Waals surface area contributed by atoms with E-state index >= 15 is 0 Å². The van der Waals surface area contributed by atoms with Gasteiger partial charge >= 0.3 is 5.97 Å². The Hall–Kier alpha value is -1.66. The fraction of sp³-hybridized carbons (Fsp3) is 0.882. The fourth-order valence-electron chi connectivity index (χ4n) is 7.72. The van der Waals surface area contributed by atoms with Crippen molar-refractivity contribution in [2.45, 2.75) is 283 Å². The molecule has 0 bridgehead atoms. The van der Waals surface area contributed by atoms with E-state index in [-0.39, 0.29) is 24.9 Å². The average Bonchev–Trinajstić information content (AvgIpc) is 3.20. The Kier molecular flexibility index (Phi) is 44.1. The van der Waals surface area contributed by atoms with Crippen LogP contribution in [-0.2, 0) is 14.3 Å². The van der Waals surface area contributed by atoms with Gasteiger partial charge in [0.25, 0.3) is 0 Å². The van der Waals surface area contributed by atoms with Crippen LogP contribution in [0.15, 0.2) is 24.3 Å². The molecule has 3 N–H and O–H groups in total. The normalized spacial score (nSPS) is 13.4. The van der Waals surface area contributed by atoms with Crippen molar-refractivity contribution >= 4 is 11.9 Å². The number of unbranched alkanes of at least 4 members (excludes halogenated alkanes) is 30. The topological polar surface area (TPSA) is 95.9 Å². The van der Waals surface area contributed by atoms with Crippen molar-refractivity contribution in [2.75, 3.05) is 6.61 Å². The molecule has 0 aromatic heterocycles. The molecule has 0 aromatic carbocycles. The number of esters is 1. The molecule has 6 heteroatoms. The number of hydrogen-bond donors (Lipinski definition) is 3. The van der Waals surface area contributed by atoms with E-state index in [2.05, 4.69) is 50.4 Å². The van der Waals surface area contributed by atoms with Crippen LogP contribution >= 0.6 is 0 Å². The molecule has 0 spiro atoms. The maximum Gasteiger partial charge on any atom is 0.306 e. The Labute approximate surface area is 354 Å². The summed E-state index contributed by atoms with van der Waals surface area (Å²) in [7, 11) is 0. The number of aliphatic hydroxyl groups is 2. The first-order chi connectivity index (χ1) is 28.0. The van der Waals surface area contributed by atoms with Gasteiger partial charge in [0, 0.05) is 6.42 Å². The van der Waals surface area contributed by atoms with Gasteiger partial charge in [-0.1, -0.05) is 225 Å². The second-order valence-electron chi connectivity index (χ2n) is 17.3. The summed E-state index contributed by atoms with van der Waals surface area (Å²) in [5, 5.41) is 23.7. The van der Waals surface area contributed by atoms with Crippen molar-refractivity contribution in [2.24, 2.45) is 0 Å². The molecule has 0 radical (unpaired) electrons. The van der Waals surface area contributed by atoms with Gasteiger partial charge in [-0.05, 0) is 51.4 Å². The number of ether oxygens (including phenoxy) is 1. The summed E-state index contributed by atoms with van der Waals surface area (Å²) < 4.78 is 5.90. The summed E-state index contributed by atoms with van der Waals surface area (Å²) in [4.78, 5) is 26.0. The van der Waals surface area contributed by atoms with E-state index < -0.39 is 18.2 Å². The van der Waals surface area contributed by atoms with Crippen molar-refractivity contribution in [1.29, 1.82) is 0 Å². The molecule has 0 aliphatic rings. The van der Waals surface area contributed by atoms with Gasteiger partial charge in [-0.3, -0.25) is 9.59 Å². The summed E-state index contributed by atoms with van der Waals surface area (Å²) >= 11 is 0. The van der Waals surface area contributed by atoms with Crippen molar-refractivity contribution in [3.63, 3.8) is 0 Å². The number of allylic oxidation sites excluding steroid dienone is 4. The average molecular weight is 804 g/mol. The molecule has 0 aliphatic carbocycles. The van der Waals surface area contributed by atoms with Gasteiger partial charge < -0.3 is 20.3 Å². The Bertz CT molecular complexity index is 904. The lowest BCUT2D eigenvalue weighted by Crippen LogP contribution is -2.46.